The fraction of sp³-hybridized carbons (Fsp3) is 0.524. The molecule has 3 heterocycles. The molecule has 2 saturated heterocycles. The Hall–Kier alpha value is -2.15. The van der Waals surface area contributed by atoms with Crippen molar-refractivity contribution in [3.8, 4) is 0 Å². The topological polar surface area (TPSA) is 53.8 Å². The van der Waals surface area contributed by atoms with Crippen LogP contribution in [0.15, 0.2) is 22.6 Å². The van der Waals surface area contributed by atoms with E-state index in [1.54, 1.807) is 4.90 Å². The van der Waals surface area contributed by atoms with Gasteiger partial charge in [-0.2, -0.15) is 0 Å². The summed E-state index contributed by atoms with van der Waals surface area (Å²) in [6, 6.07) is 5.88. The van der Waals surface area contributed by atoms with Gasteiger partial charge in [0.05, 0.1) is 18.1 Å². The molecule has 29 heavy (non-hydrogen) atoms. The predicted molar refractivity (Wildman–Crippen MR) is 103 cm³/mol. The number of likely N-dealkylation sites (tertiary alicyclic amines) is 2. The molecule has 0 unspecified atom stereocenters. The number of carbonyl (C=O) groups is 2. The molecule has 5 nitrogen and oxygen atoms in total. The number of amides is 2. The van der Waals surface area contributed by atoms with Crippen LogP contribution in [0.25, 0.3) is 11.0 Å². The van der Waals surface area contributed by atoms with Crippen LogP contribution >= 0.6 is 11.6 Å². The van der Waals surface area contributed by atoms with Crippen LogP contribution in [-0.2, 0) is 4.79 Å². The van der Waals surface area contributed by atoms with Crippen LogP contribution in [0.5, 0.6) is 0 Å². The van der Waals surface area contributed by atoms with Crippen molar-refractivity contribution in [3.05, 3.63) is 34.5 Å². The van der Waals surface area contributed by atoms with E-state index in [0.29, 0.717) is 42.5 Å². The molecule has 8 heteroatoms. The first-order chi connectivity index (χ1) is 13.8. The Morgan fingerprint density at radius 1 is 1.07 bits per heavy atom. The van der Waals surface area contributed by atoms with Crippen molar-refractivity contribution in [3.63, 3.8) is 0 Å². The third-order valence-corrected chi connectivity index (χ3v) is 6.56. The number of hydrogen-bond donors (Lipinski definition) is 0. The molecular formula is C21H21ClF2N2O3. The summed E-state index contributed by atoms with van der Waals surface area (Å²) in [6.07, 6.45) is 3.26. The summed E-state index contributed by atoms with van der Waals surface area (Å²) in [5, 5.41) is 1.08. The molecule has 3 aliphatic rings. The van der Waals surface area contributed by atoms with Crippen LogP contribution in [0.2, 0.25) is 5.02 Å². The minimum absolute atomic E-state index is 0.127. The van der Waals surface area contributed by atoms with Crippen molar-refractivity contribution in [1.29, 1.82) is 0 Å². The van der Waals surface area contributed by atoms with Crippen LogP contribution in [0, 0.1) is 5.92 Å². The molecule has 1 aromatic heterocycles. The molecule has 0 bridgehead atoms. The van der Waals surface area contributed by atoms with Gasteiger partial charge in [-0.05, 0) is 49.3 Å². The highest BCUT2D eigenvalue weighted by molar-refractivity contribution is 6.38. The lowest BCUT2D eigenvalue weighted by molar-refractivity contribution is -0.170. The number of piperidine rings is 1. The molecule has 5 rings (SSSR count). The van der Waals surface area contributed by atoms with Gasteiger partial charge in [0.15, 0.2) is 0 Å². The van der Waals surface area contributed by atoms with Crippen LogP contribution < -0.4 is 0 Å². The van der Waals surface area contributed by atoms with Gasteiger partial charge in [0.1, 0.15) is 5.58 Å². The first kappa shape index (κ1) is 18.9. The molecule has 2 amide bonds. The smallest absolute Gasteiger partial charge is 0.291 e. The van der Waals surface area contributed by atoms with Gasteiger partial charge >= 0.3 is 0 Å². The average Bonchev–Trinajstić information content (AvgIpc) is 3.49. The quantitative estimate of drug-likeness (QED) is 0.741. The minimum atomic E-state index is -2.76. The maximum atomic E-state index is 13.0. The third kappa shape index (κ3) is 3.39. The van der Waals surface area contributed by atoms with Gasteiger partial charge in [-0.25, -0.2) is 8.78 Å². The molecule has 2 aliphatic heterocycles. The Bertz CT molecular complexity index is 985. The number of hydrogen-bond acceptors (Lipinski definition) is 3. The van der Waals surface area contributed by atoms with Gasteiger partial charge in [-0.1, -0.05) is 17.7 Å². The van der Waals surface area contributed by atoms with E-state index in [-0.39, 0.29) is 23.5 Å². The molecule has 1 aromatic carbocycles. The van der Waals surface area contributed by atoms with Crippen molar-refractivity contribution < 1.29 is 22.8 Å². The molecule has 2 aromatic rings. The lowest BCUT2D eigenvalue weighted by Crippen LogP contribution is -2.60. The predicted octanol–water partition coefficient (Wildman–Crippen LogP) is 4.29. The van der Waals surface area contributed by atoms with E-state index < -0.39 is 19.0 Å². The first-order valence-electron chi connectivity index (χ1n) is 10.0. The number of furan rings is 1. The highest BCUT2D eigenvalue weighted by Gasteiger charge is 2.48. The number of alkyl halides is 2. The number of halogens is 3. The Morgan fingerprint density at radius 2 is 1.76 bits per heavy atom. The lowest BCUT2D eigenvalue weighted by atomic mass is 9.93. The van der Waals surface area contributed by atoms with E-state index >= 15 is 0 Å². The second-order valence-electron chi connectivity index (χ2n) is 8.39. The fourth-order valence-corrected chi connectivity index (χ4v) is 4.56. The summed E-state index contributed by atoms with van der Waals surface area (Å²) >= 11 is 6.47. The molecule has 0 radical (unpaired) electrons. The molecular weight excluding hydrogens is 402 g/mol. The van der Waals surface area contributed by atoms with E-state index in [1.165, 1.54) is 23.3 Å². The number of benzene rings is 1. The maximum absolute atomic E-state index is 13.0. The van der Waals surface area contributed by atoms with Crippen molar-refractivity contribution in [1.82, 2.24) is 9.80 Å². The highest BCUT2D eigenvalue weighted by atomic mass is 35.5. The van der Waals surface area contributed by atoms with E-state index in [4.69, 9.17) is 16.0 Å². The summed E-state index contributed by atoms with van der Waals surface area (Å²) < 4.78 is 31.7. The van der Waals surface area contributed by atoms with Crippen molar-refractivity contribution in [2.75, 3.05) is 26.2 Å². The second kappa shape index (κ2) is 6.69. The maximum Gasteiger partial charge on any atom is 0.291 e. The molecule has 154 valence electrons. The Balaban J connectivity index is 1.26. The van der Waals surface area contributed by atoms with E-state index in [9.17, 15) is 18.4 Å². The monoisotopic (exact) mass is 422 g/mol. The summed E-state index contributed by atoms with van der Waals surface area (Å²) in [6.45, 7) is -0.245. The molecule has 1 aliphatic carbocycles. The van der Waals surface area contributed by atoms with E-state index in [2.05, 4.69) is 0 Å². The fourth-order valence-electron chi connectivity index (χ4n) is 4.29. The van der Waals surface area contributed by atoms with Gasteiger partial charge in [0, 0.05) is 24.4 Å². The van der Waals surface area contributed by atoms with Crippen molar-refractivity contribution in [2.24, 2.45) is 5.92 Å². The third-order valence-electron chi connectivity index (χ3n) is 6.18. The van der Waals surface area contributed by atoms with Crippen LogP contribution in [0.4, 0.5) is 8.78 Å². The summed E-state index contributed by atoms with van der Waals surface area (Å²) in [5.74, 6) is -2.90. The summed E-state index contributed by atoms with van der Waals surface area (Å²) in [5.41, 5.74) is 1.81. The normalized spacial score (nSPS) is 22.0. The first-order valence-corrected chi connectivity index (χ1v) is 10.4. The van der Waals surface area contributed by atoms with Crippen molar-refractivity contribution >= 4 is 34.4 Å². The molecule has 1 saturated carbocycles. The van der Waals surface area contributed by atoms with E-state index in [0.717, 1.165) is 5.39 Å². The number of rotatable bonds is 3. The number of nitrogens with zero attached hydrogens (tertiary/aromatic N) is 2. The lowest BCUT2D eigenvalue weighted by Gasteiger charge is -2.42. The Morgan fingerprint density at radius 3 is 2.38 bits per heavy atom. The van der Waals surface area contributed by atoms with Gasteiger partial charge in [-0.3, -0.25) is 9.59 Å². The van der Waals surface area contributed by atoms with Crippen LogP contribution in [0.1, 0.15) is 47.7 Å². The number of fused-ring (bicyclic) bond motifs is 1. The zero-order chi connectivity index (χ0) is 20.3. The molecule has 0 spiro atoms. The minimum Gasteiger partial charge on any atom is -0.449 e. The van der Waals surface area contributed by atoms with Crippen molar-refractivity contribution in [2.45, 2.75) is 37.5 Å². The van der Waals surface area contributed by atoms with Crippen LogP contribution in [0.3, 0.4) is 0 Å². The van der Waals surface area contributed by atoms with E-state index in [1.807, 2.05) is 18.2 Å². The van der Waals surface area contributed by atoms with Gasteiger partial charge < -0.3 is 14.2 Å². The zero-order valence-corrected chi connectivity index (χ0v) is 16.6. The van der Waals surface area contributed by atoms with Crippen LogP contribution in [-0.4, -0.2) is 53.7 Å². The summed E-state index contributed by atoms with van der Waals surface area (Å²) in [7, 11) is 0. The molecule has 0 N–H and O–H groups in total. The second-order valence-corrected chi connectivity index (χ2v) is 8.77. The van der Waals surface area contributed by atoms with Gasteiger partial charge in [-0.15, -0.1) is 0 Å². The van der Waals surface area contributed by atoms with Gasteiger partial charge in [0.25, 0.3) is 11.8 Å². The SMILES string of the molecule is O=C(c1oc2ccc(C3CC3)cc2c1Cl)N1CCC(C(=O)N2CC(F)(F)C2)CC1. The average molecular weight is 423 g/mol. The standard InChI is InChI=1S/C21H21ClF2N2O3/c22-17-15-9-14(12-1-2-12)3-4-16(15)29-18(17)20(28)25-7-5-13(6-8-25)19(27)26-10-21(23,24)11-26/h3-4,9,12-13H,1-2,5-8,10-11H2. The highest BCUT2D eigenvalue weighted by Crippen LogP contribution is 2.42. The number of carbonyl (C=O) groups excluding carboxylic acids is 2. The summed E-state index contributed by atoms with van der Waals surface area (Å²) in [4.78, 5) is 28.1. The largest absolute Gasteiger partial charge is 0.449 e. The van der Waals surface area contributed by atoms with Gasteiger partial charge in [0.2, 0.25) is 11.7 Å². The Labute approximate surface area is 171 Å². The molecule has 3 fully saturated rings. The Kier molecular flexibility index (Phi) is 4.35. The zero-order valence-electron chi connectivity index (χ0n) is 15.8. The molecule has 0 atom stereocenters.